The van der Waals surface area contributed by atoms with Crippen molar-refractivity contribution in [3.63, 3.8) is 0 Å². The highest BCUT2D eigenvalue weighted by Crippen LogP contribution is 2.22. The molecule has 2 heterocycles. The van der Waals surface area contributed by atoms with Crippen LogP contribution in [-0.4, -0.2) is 33.7 Å². The molecule has 0 spiro atoms. The van der Waals surface area contributed by atoms with Gasteiger partial charge in [0, 0.05) is 25.8 Å². The van der Waals surface area contributed by atoms with Crippen LogP contribution in [0.2, 0.25) is 0 Å². The lowest BCUT2D eigenvalue weighted by Gasteiger charge is -2.31. The lowest BCUT2D eigenvalue weighted by atomic mass is 9.90. The summed E-state index contributed by atoms with van der Waals surface area (Å²) < 4.78 is 1.76. The highest BCUT2D eigenvalue weighted by Gasteiger charge is 2.25. The van der Waals surface area contributed by atoms with Crippen molar-refractivity contribution in [3.05, 3.63) is 53.3 Å². The predicted molar refractivity (Wildman–Crippen MR) is 86.7 cm³/mol. The summed E-state index contributed by atoms with van der Waals surface area (Å²) in [5.74, 6) is 0.749. The van der Waals surface area contributed by atoms with Crippen LogP contribution in [0.15, 0.2) is 36.4 Å². The van der Waals surface area contributed by atoms with Crippen molar-refractivity contribution in [1.29, 1.82) is 0 Å². The van der Waals surface area contributed by atoms with Gasteiger partial charge < -0.3 is 4.90 Å². The molecular formula is C18H23N3O. The largest absolute Gasteiger partial charge is 0.337 e. The van der Waals surface area contributed by atoms with Crippen LogP contribution in [0, 0.1) is 12.8 Å². The Hall–Kier alpha value is -2.10. The Balaban J connectivity index is 1.56. The lowest BCUT2D eigenvalue weighted by molar-refractivity contribution is 0.0684. The quantitative estimate of drug-likeness (QED) is 0.873. The fourth-order valence-electron chi connectivity index (χ4n) is 3.11. The minimum Gasteiger partial charge on any atom is -0.337 e. The van der Waals surface area contributed by atoms with E-state index >= 15 is 0 Å². The summed E-state index contributed by atoms with van der Waals surface area (Å²) in [6, 6.07) is 12.5. The number of aryl methyl sites for hydroxylation is 2. The van der Waals surface area contributed by atoms with E-state index in [9.17, 15) is 4.79 Å². The number of carbonyl (C=O) groups excluding carboxylic acids is 1. The average molecular weight is 297 g/mol. The average Bonchev–Trinajstić information content (AvgIpc) is 2.88. The predicted octanol–water partition coefficient (Wildman–Crippen LogP) is 2.82. The third-order valence-electron chi connectivity index (χ3n) is 4.60. The number of carbonyl (C=O) groups is 1. The Morgan fingerprint density at radius 2 is 1.91 bits per heavy atom. The molecule has 0 saturated carbocycles. The molecule has 22 heavy (non-hydrogen) atoms. The number of hydrogen-bond donors (Lipinski definition) is 0. The molecule has 4 heteroatoms. The van der Waals surface area contributed by atoms with Crippen LogP contribution in [0.5, 0.6) is 0 Å². The van der Waals surface area contributed by atoms with Gasteiger partial charge in [-0.2, -0.15) is 5.10 Å². The number of rotatable bonds is 3. The van der Waals surface area contributed by atoms with E-state index in [0.29, 0.717) is 11.6 Å². The molecule has 1 aromatic heterocycles. The fraction of sp³-hybridized carbons (Fsp3) is 0.444. The fourth-order valence-corrected chi connectivity index (χ4v) is 3.11. The Kier molecular flexibility index (Phi) is 4.27. The number of nitrogens with zero attached hydrogens (tertiary/aromatic N) is 3. The number of piperidine rings is 1. The van der Waals surface area contributed by atoms with E-state index in [0.717, 1.165) is 38.0 Å². The first-order chi connectivity index (χ1) is 10.6. The first-order valence-electron chi connectivity index (χ1n) is 7.97. The standard InChI is InChI=1S/C18H23N3O/c1-14-12-17(19-20(14)2)18(22)21-10-8-16(9-11-21)13-15-6-4-3-5-7-15/h3-7,12,16H,8-11,13H2,1-2H3. The molecule has 0 N–H and O–H groups in total. The molecule has 1 fully saturated rings. The summed E-state index contributed by atoms with van der Waals surface area (Å²) in [5, 5.41) is 4.30. The zero-order valence-corrected chi connectivity index (χ0v) is 13.3. The van der Waals surface area contributed by atoms with E-state index in [-0.39, 0.29) is 5.91 Å². The smallest absolute Gasteiger partial charge is 0.274 e. The van der Waals surface area contributed by atoms with E-state index in [1.54, 1.807) is 4.68 Å². The zero-order chi connectivity index (χ0) is 15.5. The molecule has 0 atom stereocenters. The van der Waals surface area contributed by atoms with Gasteiger partial charge in [0.25, 0.3) is 5.91 Å². The highest BCUT2D eigenvalue weighted by atomic mass is 16.2. The second-order valence-electron chi connectivity index (χ2n) is 6.22. The van der Waals surface area contributed by atoms with E-state index in [2.05, 4.69) is 35.4 Å². The van der Waals surface area contributed by atoms with Crippen molar-refractivity contribution >= 4 is 5.91 Å². The maximum atomic E-state index is 12.5. The van der Waals surface area contributed by atoms with Crippen LogP contribution in [0.4, 0.5) is 0 Å². The Morgan fingerprint density at radius 1 is 1.23 bits per heavy atom. The van der Waals surface area contributed by atoms with Gasteiger partial charge >= 0.3 is 0 Å². The molecule has 1 aromatic carbocycles. The molecular weight excluding hydrogens is 274 g/mol. The van der Waals surface area contributed by atoms with E-state index < -0.39 is 0 Å². The minimum absolute atomic E-state index is 0.0712. The molecule has 1 aliphatic heterocycles. The van der Waals surface area contributed by atoms with E-state index in [1.165, 1.54) is 5.56 Å². The third kappa shape index (κ3) is 3.21. The van der Waals surface area contributed by atoms with Crippen LogP contribution in [-0.2, 0) is 13.5 Å². The Bertz CT molecular complexity index is 620. The minimum atomic E-state index is 0.0712. The van der Waals surface area contributed by atoms with Crippen molar-refractivity contribution in [3.8, 4) is 0 Å². The molecule has 1 aliphatic rings. The van der Waals surface area contributed by atoms with Crippen molar-refractivity contribution in [1.82, 2.24) is 14.7 Å². The molecule has 1 amide bonds. The topological polar surface area (TPSA) is 38.1 Å². The van der Waals surface area contributed by atoms with Gasteiger partial charge in [0.05, 0.1) is 0 Å². The molecule has 2 aromatic rings. The van der Waals surface area contributed by atoms with E-state index in [4.69, 9.17) is 0 Å². The summed E-state index contributed by atoms with van der Waals surface area (Å²) in [4.78, 5) is 14.4. The normalized spacial score (nSPS) is 16.0. The summed E-state index contributed by atoms with van der Waals surface area (Å²) in [7, 11) is 1.87. The number of hydrogen-bond acceptors (Lipinski definition) is 2. The van der Waals surface area contributed by atoms with E-state index in [1.807, 2.05) is 24.9 Å². The SMILES string of the molecule is Cc1cc(C(=O)N2CCC(Cc3ccccc3)CC2)nn1C. The van der Waals surface area contributed by atoms with Crippen LogP contribution >= 0.6 is 0 Å². The van der Waals surface area contributed by atoms with Crippen molar-refractivity contribution < 1.29 is 4.79 Å². The lowest BCUT2D eigenvalue weighted by Crippen LogP contribution is -2.39. The van der Waals surface area contributed by atoms with Gasteiger partial charge in [-0.3, -0.25) is 9.48 Å². The van der Waals surface area contributed by atoms with Gasteiger partial charge in [0.2, 0.25) is 0 Å². The molecule has 0 aliphatic carbocycles. The van der Waals surface area contributed by atoms with Gasteiger partial charge in [0.1, 0.15) is 0 Å². The van der Waals surface area contributed by atoms with Crippen LogP contribution < -0.4 is 0 Å². The van der Waals surface area contributed by atoms with Crippen LogP contribution in [0.3, 0.4) is 0 Å². The second-order valence-corrected chi connectivity index (χ2v) is 6.22. The maximum Gasteiger partial charge on any atom is 0.274 e. The highest BCUT2D eigenvalue weighted by molar-refractivity contribution is 5.92. The molecule has 116 valence electrons. The number of likely N-dealkylation sites (tertiary alicyclic amines) is 1. The van der Waals surface area contributed by atoms with Gasteiger partial charge in [0.15, 0.2) is 5.69 Å². The van der Waals surface area contributed by atoms with Crippen molar-refractivity contribution in [2.75, 3.05) is 13.1 Å². The molecule has 4 nitrogen and oxygen atoms in total. The summed E-state index contributed by atoms with van der Waals surface area (Å²) in [5.41, 5.74) is 2.98. The van der Waals surface area contributed by atoms with Crippen molar-refractivity contribution in [2.24, 2.45) is 13.0 Å². The molecule has 3 rings (SSSR count). The number of benzene rings is 1. The van der Waals surface area contributed by atoms with Crippen LogP contribution in [0.25, 0.3) is 0 Å². The number of aromatic nitrogens is 2. The van der Waals surface area contributed by atoms with Gasteiger partial charge in [-0.1, -0.05) is 30.3 Å². The monoisotopic (exact) mass is 297 g/mol. The van der Waals surface area contributed by atoms with Crippen LogP contribution in [0.1, 0.15) is 34.6 Å². The summed E-state index contributed by atoms with van der Waals surface area (Å²) >= 11 is 0. The Labute approximate surface area is 131 Å². The molecule has 0 unspecified atom stereocenters. The van der Waals surface area contributed by atoms with Crippen molar-refractivity contribution in [2.45, 2.75) is 26.2 Å². The van der Waals surface area contributed by atoms with Gasteiger partial charge in [-0.05, 0) is 43.7 Å². The number of amides is 1. The zero-order valence-electron chi connectivity index (χ0n) is 13.3. The second kappa shape index (κ2) is 6.34. The first-order valence-corrected chi connectivity index (χ1v) is 7.97. The Morgan fingerprint density at radius 3 is 2.50 bits per heavy atom. The summed E-state index contributed by atoms with van der Waals surface area (Å²) in [6.45, 7) is 3.65. The van der Waals surface area contributed by atoms with Gasteiger partial charge in [-0.15, -0.1) is 0 Å². The molecule has 1 saturated heterocycles. The molecule has 0 radical (unpaired) electrons. The third-order valence-corrected chi connectivity index (χ3v) is 4.60. The summed E-state index contributed by atoms with van der Waals surface area (Å²) in [6.07, 6.45) is 3.27. The molecule has 0 bridgehead atoms. The van der Waals surface area contributed by atoms with Gasteiger partial charge in [-0.25, -0.2) is 0 Å². The first kappa shape index (κ1) is 14.8. The maximum absolute atomic E-state index is 12.5.